The second-order valence-electron chi connectivity index (χ2n) is 10.3. The molecule has 0 radical (unpaired) electrons. The summed E-state index contributed by atoms with van der Waals surface area (Å²) in [7, 11) is -3.71. The molecule has 0 unspecified atom stereocenters. The molecule has 2 bridgehead atoms. The number of hydrogen-bond donors (Lipinski definition) is 0. The standard InChI is InChI=1S/C28H30N6O6S/c1-20-13-32(27(35)31-25(20)33-19-29-18-30-33)26-23-24(39-15-22-11-7-4-8-12-22)28(40-26,16-34(23)41(2,36)37)17-38-14-21-9-5-3-6-10-21/h3-13,18-19,23-24,26H,14-17H2,1-2H3/t23-,24+,26-,28-/m1/s1. The normalized spacial score (nSPS) is 24.2. The monoisotopic (exact) mass is 578 g/mol. The van der Waals surface area contributed by atoms with Gasteiger partial charge >= 0.3 is 5.69 Å². The van der Waals surface area contributed by atoms with Crippen LogP contribution >= 0.6 is 0 Å². The average molecular weight is 579 g/mol. The van der Waals surface area contributed by atoms with E-state index in [9.17, 15) is 13.2 Å². The third-order valence-corrected chi connectivity index (χ3v) is 8.63. The highest BCUT2D eigenvalue weighted by Crippen LogP contribution is 2.49. The summed E-state index contributed by atoms with van der Waals surface area (Å²) in [5.74, 6) is 0.324. The molecule has 6 rings (SSSR count). The van der Waals surface area contributed by atoms with Gasteiger partial charge in [0.15, 0.2) is 12.0 Å². The Hall–Kier alpha value is -3.75. The van der Waals surface area contributed by atoms with Crippen molar-refractivity contribution in [1.29, 1.82) is 0 Å². The van der Waals surface area contributed by atoms with Gasteiger partial charge in [0.05, 0.1) is 32.1 Å². The van der Waals surface area contributed by atoms with Crippen LogP contribution in [0.3, 0.4) is 0 Å². The second kappa shape index (κ2) is 10.9. The fourth-order valence-electron chi connectivity index (χ4n) is 5.57. The van der Waals surface area contributed by atoms with E-state index in [0.717, 1.165) is 17.4 Å². The lowest BCUT2D eigenvalue weighted by atomic mass is 10.00. The smallest absolute Gasteiger partial charge is 0.351 e. The van der Waals surface area contributed by atoms with Crippen molar-refractivity contribution in [1.82, 2.24) is 28.6 Å². The minimum atomic E-state index is -3.71. The van der Waals surface area contributed by atoms with Crippen LogP contribution < -0.4 is 5.69 Å². The first-order valence-electron chi connectivity index (χ1n) is 13.1. The van der Waals surface area contributed by atoms with Crippen molar-refractivity contribution < 1.29 is 22.6 Å². The number of benzene rings is 2. The molecule has 2 aromatic heterocycles. The van der Waals surface area contributed by atoms with Gasteiger partial charge in [0.1, 0.15) is 24.4 Å². The molecule has 2 aromatic carbocycles. The molecule has 0 saturated carbocycles. The van der Waals surface area contributed by atoms with E-state index in [2.05, 4.69) is 15.1 Å². The summed E-state index contributed by atoms with van der Waals surface area (Å²) in [5, 5.41) is 4.07. The summed E-state index contributed by atoms with van der Waals surface area (Å²) in [6.07, 6.45) is 3.83. The van der Waals surface area contributed by atoms with Gasteiger partial charge in [-0.25, -0.2) is 22.9 Å². The Morgan fingerprint density at radius 3 is 2.37 bits per heavy atom. The van der Waals surface area contributed by atoms with Crippen molar-refractivity contribution in [2.24, 2.45) is 0 Å². The van der Waals surface area contributed by atoms with Crippen LogP contribution in [0.4, 0.5) is 0 Å². The fraction of sp³-hybridized carbons (Fsp3) is 0.357. The molecule has 4 heterocycles. The quantitative estimate of drug-likeness (QED) is 0.277. The minimum Gasteiger partial charge on any atom is -0.374 e. The Bertz CT molecular complexity index is 1670. The first-order valence-corrected chi connectivity index (χ1v) is 15.0. The Balaban J connectivity index is 1.37. The van der Waals surface area contributed by atoms with Gasteiger partial charge in [-0.2, -0.15) is 14.4 Å². The van der Waals surface area contributed by atoms with Crippen LogP contribution in [0, 0.1) is 6.92 Å². The SMILES string of the molecule is Cc1cn([C@@H]2O[C@@]3(COCc4ccccc4)CN(S(C)(=O)=O)[C@@H]2[C@@H]3OCc2ccccc2)c(=O)nc1-n1cncn1. The second-order valence-corrected chi connectivity index (χ2v) is 12.3. The highest BCUT2D eigenvalue weighted by Gasteiger charge is 2.67. The van der Waals surface area contributed by atoms with Gasteiger partial charge < -0.3 is 14.2 Å². The first-order chi connectivity index (χ1) is 19.7. The van der Waals surface area contributed by atoms with Gasteiger partial charge in [-0.1, -0.05) is 60.7 Å². The summed E-state index contributed by atoms with van der Waals surface area (Å²) < 4.78 is 49.4. The molecule has 2 aliphatic heterocycles. The third kappa shape index (κ3) is 5.34. The molecular formula is C28H30N6O6S. The van der Waals surface area contributed by atoms with Crippen LogP contribution in [0.25, 0.3) is 5.82 Å². The van der Waals surface area contributed by atoms with Crippen LogP contribution in [0.2, 0.25) is 0 Å². The van der Waals surface area contributed by atoms with E-state index in [1.807, 2.05) is 60.7 Å². The zero-order valence-corrected chi connectivity index (χ0v) is 23.4. The lowest BCUT2D eigenvalue weighted by Gasteiger charge is -2.36. The molecule has 41 heavy (non-hydrogen) atoms. The topological polar surface area (TPSA) is 131 Å². The maximum Gasteiger partial charge on any atom is 0.351 e. The summed E-state index contributed by atoms with van der Waals surface area (Å²) in [6, 6.07) is 18.4. The molecule has 2 fully saturated rings. The predicted molar refractivity (Wildman–Crippen MR) is 147 cm³/mol. The number of rotatable bonds is 10. The van der Waals surface area contributed by atoms with Crippen LogP contribution in [0.15, 0.2) is 84.3 Å². The number of aryl methyl sites for hydroxylation is 1. The van der Waals surface area contributed by atoms with Gasteiger partial charge in [-0.15, -0.1) is 0 Å². The minimum absolute atomic E-state index is 0.0272. The van der Waals surface area contributed by atoms with Crippen molar-refractivity contribution in [2.45, 2.75) is 44.1 Å². The molecule has 214 valence electrons. The van der Waals surface area contributed by atoms with Gasteiger partial charge in [0.2, 0.25) is 10.0 Å². The van der Waals surface area contributed by atoms with E-state index in [1.165, 1.54) is 26.2 Å². The molecule has 12 nitrogen and oxygen atoms in total. The molecule has 0 aliphatic carbocycles. The summed E-state index contributed by atoms with van der Waals surface area (Å²) >= 11 is 0. The summed E-state index contributed by atoms with van der Waals surface area (Å²) in [4.78, 5) is 21.5. The van der Waals surface area contributed by atoms with Crippen molar-refractivity contribution in [3.05, 3.63) is 107 Å². The van der Waals surface area contributed by atoms with Crippen LogP contribution in [0.1, 0.15) is 22.9 Å². The molecule has 13 heteroatoms. The predicted octanol–water partition coefficient (Wildman–Crippen LogP) is 1.85. The molecule has 4 aromatic rings. The maximum atomic E-state index is 13.4. The molecule has 0 amide bonds. The van der Waals surface area contributed by atoms with Gasteiger partial charge in [0.25, 0.3) is 0 Å². The lowest BCUT2D eigenvalue weighted by molar-refractivity contribution is -0.163. The van der Waals surface area contributed by atoms with E-state index in [4.69, 9.17) is 14.2 Å². The number of fused-ring (bicyclic) bond motifs is 2. The summed E-state index contributed by atoms with van der Waals surface area (Å²) in [5.41, 5.74) is 0.737. The van der Waals surface area contributed by atoms with Crippen molar-refractivity contribution in [3.63, 3.8) is 0 Å². The average Bonchev–Trinajstić information content (AvgIpc) is 3.67. The zero-order chi connectivity index (χ0) is 28.6. The van der Waals surface area contributed by atoms with E-state index in [-0.39, 0.29) is 19.8 Å². The molecule has 0 N–H and O–H groups in total. The van der Waals surface area contributed by atoms with Gasteiger partial charge in [-0.05, 0) is 18.1 Å². The Morgan fingerprint density at radius 2 is 1.73 bits per heavy atom. The lowest BCUT2D eigenvalue weighted by Crippen LogP contribution is -2.51. The Labute approximate surface area is 237 Å². The molecular weight excluding hydrogens is 548 g/mol. The third-order valence-electron chi connectivity index (χ3n) is 7.41. The van der Waals surface area contributed by atoms with Crippen molar-refractivity contribution >= 4 is 10.0 Å². The number of aromatic nitrogens is 5. The van der Waals surface area contributed by atoms with E-state index in [0.29, 0.717) is 18.0 Å². The van der Waals surface area contributed by atoms with Crippen molar-refractivity contribution in [2.75, 3.05) is 19.4 Å². The number of hydrogen-bond acceptors (Lipinski definition) is 9. The van der Waals surface area contributed by atoms with Crippen LogP contribution in [-0.2, 0) is 37.4 Å². The molecule has 4 atom stereocenters. The largest absolute Gasteiger partial charge is 0.374 e. The maximum absolute atomic E-state index is 13.4. The van der Waals surface area contributed by atoms with E-state index >= 15 is 0 Å². The number of ether oxygens (including phenoxy) is 3. The number of sulfonamides is 1. The van der Waals surface area contributed by atoms with Crippen LogP contribution in [0.5, 0.6) is 0 Å². The molecule has 2 saturated heterocycles. The van der Waals surface area contributed by atoms with E-state index < -0.39 is 39.7 Å². The first kappa shape index (κ1) is 27.4. The highest BCUT2D eigenvalue weighted by atomic mass is 32.2. The fourth-order valence-corrected chi connectivity index (χ4v) is 6.68. The Morgan fingerprint density at radius 1 is 1.05 bits per heavy atom. The zero-order valence-electron chi connectivity index (χ0n) is 22.6. The number of nitrogens with zero attached hydrogens (tertiary/aromatic N) is 6. The van der Waals surface area contributed by atoms with Crippen LogP contribution in [-0.4, -0.2) is 74.2 Å². The molecule has 0 spiro atoms. The molecule has 2 aliphatic rings. The summed E-state index contributed by atoms with van der Waals surface area (Å²) in [6.45, 7) is 2.40. The van der Waals surface area contributed by atoms with Gasteiger partial charge in [-0.3, -0.25) is 4.57 Å². The number of morpholine rings is 1. The van der Waals surface area contributed by atoms with E-state index in [1.54, 1.807) is 13.1 Å². The highest BCUT2D eigenvalue weighted by molar-refractivity contribution is 7.88. The van der Waals surface area contributed by atoms with Gasteiger partial charge in [0, 0.05) is 18.3 Å². The van der Waals surface area contributed by atoms with Crippen molar-refractivity contribution in [3.8, 4) is 5.82 Å². The Kier molecular flexibility index (Phi) is 7.30.